The molecule has 15 heavy (non-hydrogen) atoms. The van der Waals surface area contributed by atoms with Crippen LogP contribution >= 0.6 is 0 Å². The maximum atomic E-state index is 13.2. The van der Waals surface area contributed by atoms with Crippen LogP contribution in [0.15, 0.2) is 23.4 Å². The lowest BCUT2D eigenvalue weighted by molar-refractivity contribution is -0.129. The van der Waals surface area contributed by atoms with Crippen LogP contribution in [0.1, 0.15) is 11.1 Å². The molecule has 0 saturated heterocycles. The first-order chi connectivity index (χ1) is 7.11. The summed E-state index contributed by atoms with van der Waals surface area (Å²) in [6.45, 7) is 1.66. The van der Waals surface area contributed by atoms with Crippen molar-refractivity contribution in [3.63, 3.8) is 0 Å². The number of aryl methyl sites for hydroxylation is 1. The second-order valence-electron chi connectivity index (χ2n) is 2.88. The molecule has 0 aliphatic carbocycles. The van der Waals surface area contributed by atoms with Gasteiger partial charge in [0.1, 0.15) is 12.4 Å². The summed E-state index contributed by atoms with van der Waals surface area (Å²) in [5, 5.41) is 11.4. The Kier molecular flexibility index (Phi) is 3.79. The summed E-state index contributed by atoms with van der Waals surface area (Å²) in [5.41, 5.74) is 1.11. The molecule has 0 aliphatic heterocycles. The summed E-state index contributed by atoms with van der Waals surface area (Å²) in [6, 6.07) is 4.64. The van der Waals surface area contributed by atoms with Gasteiger partial charge in [0.05, 0.1) is 0 Å². The number of halogens is 1. The molecule has 0 aliphatic rings. The van der Waals surface area contributed by atoms with Crippen LogP contribution < -0.4 is 0 Å². The van der Waals surface area contributed by atoms with Gasteiger partial charge in [-0.15, -0.1) is 0 Å². The molecule has 5 heteroatoms. The van der Waals surface area contributed by atoms with Gasteiger partial charge in [0.2, 0.25) is 0 Å². The van der Waals surface area contributed by atoms with Gasteiger partial charge < -0.3 is 9.94 Å². The minimum Gasteiger partial charge on any atom is -0.477 e. The van der Waals surface area contributed by atoms with Crippen LogP contribution in [-0.2, 0) is 16.2 Å². The summed E-state index contributed by atoms with van der Waals surface area (Å²) < 4.78 is 13.2. The van der Waals surface area contributed by atoms with E-state index in [1.807, 2.05) is 0 Å². The molecule has 0 fully saturated rings. The van der Waals surface area contributed by atoms with Crippen molar-refractivity contribution < 1.29 is 19.1 Å². The van der Waals surface area contributed by atoms with Crippen molar-refractivity contribution in [3.05, 3.63) is 35.1 Å². The molecule has 0 amide bonds. The van der Waals surface area contributed by atoms with Crippen LogP contribution in [0.5, 0.6) is 0 Å². The first kappa shape index (κ1) is 11.2. The van der Waals surface area contributed by atoms with Crippen LogP contribution in [0.4, 0.5) is 4.39 Å². The van der Waals surface area contributed by atoms with Crippen molar-refractivity contribution in [2.75, 3.05) is 0 Å². The molecule has 0 unspecified atom stereocenters. The Morgan fingerprint density at radius 2 is 2.40 bits per heavy atom. The van der Waals surface area contributed by atoms with Gasteiger partial charge in [-0.25, -0.2) is 9.18 Å². The van der Waals surface area contributed by atoms with Crippen molar-refractivity contribution in [1.82, 2.24) is 0 Å². The van der Waals surface area contributed by atoms with Crippen LogP contribution in [0.3, 0.4) is 0 Å². The number of carbonyl (C=O) groups is 1. The number of aliphatic carboxylic acids is 1. The van der Waals surface area contributed by atoms with Crippen LogP contribution in [-0.4, -0.2) is 17.3 Å². The van der Waals surface area contributed by atoms with E-state index < -0.39 is 5.97 Å². The van der Waals surface area contributed by atoms with E-state index in [0.29, 0.717) is 11.8 Å². The Morgan fingerprint density at radius 3 is 3.00 bits per heavy atom. The smallest absolute Gasteiger partial charge is 0.350 e. The predicted octanol–water partition coefficient (Wildman–Crippen LogP) is 1.72. The van der Waals surface area contributed by atoms with Gasteiger partial charge in [0, 0.05) is 5.56 Å². The highest BCUT2D eigenvalue weighted by atomic mass is 19.1. The Balaban J connectivity index is 2.61. The number of oxime groups is 1. The first-order valence-corrected chi connectivity index (χ1v) is 4.23. The molecule has 0 aromatic heterocycles. The fourth-order valence-corrected chi connectivity index (χ4v) is 1.03. The molecule has 0 spiro atoms. The van der Waals surface area contributed by atoms with Gasteiger partial charge in [0.25, 0.3) is 0 Å². The number of nitrogens with zero attached hydrogens (tertiary/aromatic N) is 1. The summed E-state index contributed by atoms with van der Waals surface area (Å²) >= 11 is 0. The van der Waals surface area contributed by atoms with Crippen LogP contribution in [0.2, 0.25) is 0 Å². The van der Waals surface area contributed by atoms with Crippen LogP contribution in [0, 0.1) is 12.7 Å². The molecule has 0 bridgehead atoms. The third-order valence-electron chi connectivity index (χ3n) is 1.80. The average Bonchev–Trinajstić information content (AvgIpc) is 2.15. The minimum absolute atomic E-state index is 0.0811. The number of hydrogen-bond donors (Lipinski definition) is 1. The molecule has 0 atom stereocenters. The van der Waals surface area contributed by atoms with Crippen molar-refractivity contribution in [1.29, 1.82) is 0 Å². The quantitative estimate of drug-likeness (QED) is 0.609. The highest BCUT2D eigenvalue weighted by Gasteiger charge is 2.04. The van der Waals surface area contributed by atoms with E-state index in [2.05, 4.69) is 9.99 Å². The number of benzene rings is 1. The van der Waals surface area contributed by atoms with E-state index >= 15 is 0 Å². The summed E-state index contributed by atoms with van der Waals surface area (Å²) in [6.07, 6.45) is 0.607. The molecule has 0 radical (unpaired) electrons. The highest BCUT2D eigenvalue weighted by Crippen LogP contribution is 2.13. The maximum absolute atomic E-state index is 13.2. The molecule has 1 aromatic rings. The van der Waals surface area contributed by atoms with Crippen molar-refractivity contribution in [2.24, 2.45) is 5.16 Å². The van der Waals surface area contributed by atoms with Gasteiger partial charge in [0.15, 0.2) is 6.21 Å². The van der Waals surface area contributed by atoms with Gasteiger partial charge in [-0.3, -0.25) is 0 Å². The number of carboxylic acids is 1. The largest absolute Gasteiger partial charge is 0.477 e. The zero-order chi connectivity index (χ0) is 11.3. The minimum atomic E-state index is -1.21. The van der Waals surface area contributed by atoms with E-state index in [0.717, 1.165) is 5.56 Å². The molecule has 1 rings (SSSR count). The van der Waals surface area contributed by atoms with E-state index in [9.17, 15) is 9.18 Å². The molecule has 0 saturated carbocycles. The monoisotopic (exact) mass is 211 g/mol. The van der Waals surface area contributed by atoms with Crippen molar-refractivity contribution in [3.8, 4) is 0 Å². The zero-order valence-corrected chi connectivity index (χ0v) is 8.11. The van der Waals surface area contributed by atoms with Gasteiger partial charge >= 0.3 is 5.97 Å². The van der Waals surface area contributed by atoms with Crippen molar-refractivity contribution in [2.45, 2.75) is 13.5 Å². The second kappa shape index (κ2) is 5.09. The molecule has 80 valence electrons. The first-order valence-electron chi connectivity index (χ1n) is 4.23. The average molecular weight is 211 g/mol. The maximum Gasteiger partial charge on any atom is 0.350 e. The van der Waals surface area contributed by atoms with Crippen LogP contribution in [0.25, 0.3) is 0 Å². The fourth-order valence-electron chi connectivity index (χ4n) is 1.03. The Hall–Kier alpha value is -1.91. The van der Waals surface area contributed by atoms with E-state index in [-0.39, 0.29) is 12.4 Å². The molecule has 1 N–H and O–H groups in total. The SMILES string of the molecule is Cc1cccc(F)c1CO/N=C\C(=O)O. The molecule has 4 nitrogen and oxygen atoms in total. The highest BCUT2D eigenvalue weighted by molar-refractivity contribution is 6.21. The third kappa shape index (κ3) is 3.38. The lowest BCUT2D eigenvalue weighted by atomic mass is 10.1. The molecule has 1 aromatic carbocycles. The van der Waals surface area contributed by atoms with Gasteiger partial charge in [-0.1, -0.05) is 17.3 Å². The fraction of sp³-hybridized carbons (Fsp3) is 0.200. The summed E-state index contributed by atoms with van der Waals surface area (Å²) in [4.78, 5) is 14.7. The predicted molar refractivity (Wildman–Crippen MR) is 52.1 cm³/mol. The summed E-state index contributed by atoms with van der Waals surface area (Å²) in [5.74, 6) is -1.60. The van der Waals surface area contributed by atoms with E-state index in [4.69, 9.17) is 5.11 Å². The Bertz CT molecular complexity index is 370. The lowest BCUT2D eigenvalue weighted by Crippen LogP contribution is -1.98. The topological polar surface area (TPSA) is 58.9 Å². The van der Waals surface area contributed by atoms with E-state index in [1.54, 1.807) is 19.1 Å². The number of hydrogen-bond acceptors (Lipinski definition) is 3. The Labute approximate surface area is 86.0 Å². The Morgan fingerprint density at radius 1 is 1.67 bits per heavy atom. The van der Waals surface area contributed by atoms with Gasteiger partial charge in [-0.05, 0) is 18.6 Å². The third-order valence-corrected chi connectivity index (χ3v) is 1.80. The zero-order valence-electron chi connectivity index (χ0n) is 8.11. The van der Waals surface area contributed by atoms with Gasteiger partial charge in [-0.2, -0.15) is 0 Å². The molecular weight excluding hydrogens is 201 g/mol. The molecule has 0 heterocycles. The number of carboxylic acid groups (broad SMARTS) is 1. The number of rotatable bonds is 4. The lowest BCUT2D eigenvalue weighted by Gasteiger charge is -2.04. The van der Waals surface area contributed by atoms with E-state index in [1.165, 1.54) is 6.07 Å². The summed E-state index contributed by atoms with van der Waals surface area (Å²) in [7, 11) is 0. The second-order valence-corrected chi connectivity index (χ2v) is 2.88. The standard InChI is InChI=1S/C10H10FNO3/c1-7-3-2-4-9(11)8(7)6-15-12-5-10(13)14/h2-5H,6H2,1H3,(H,13,14)/b12-5-. The molecular formula is C10H10FNO3. The normalized spacial score (nSPS) is 10.5. The van der Waals surface area contributed by atoms with Crippen molar-refractivity contribution >= 4 is 12.2 Å².